The van der Waals surface area contributed by atoms with E-state index in [1.165, 1.54) is 22.3 Å². The van der Waals surface area contributed by atoms with Gasteiger partial charge in [-0.15, -0.1) is 0 Å². The fourth-order valence-corrected chi connectivity index (χ4v) is 3.94. The van der Waals surface area contributed by atoms with Crippen LogP contribution in [0.25, 0.3) is 11.1 Å². The van der Waals surface area contributed by atoms with Crippen LogP contribution < -0.4 is 0 Å². The summed E-state index contributed by atoms with van der Waals surface area (Å²) in [6, 6.07) is 16.9. The van der Waals surface area contributed by atoms with E-state index in [4.69, 9.17) is 5.11 Å². The molecule has 3 rings (SSSR count). The molecule has 0 heterocycles. The van der Waals surface area contributed by atoms with Crippen LogP contribution in [0.1, 0.15) is 43.7 Å². The highest BCUT2D eigenvalue weighted by Gasteiger charge is 2.43. The monoisotopic (exact) mass is 294 g/mol. The molecule has 0 unspecified atom stereocenters. The molecular weight excluding hydrogens is 272 g/mol. The van der Waals surface area contributed by atoms with Gasteiger partial charge < -0.3 is 5.11 Å². The predicted octanol–water partition coefficient (Wildman–Crippen LogP) is 4.09. The molecule has 0 saturated carbocycles. The average molecular weight is 294 g/mol. The number of benzene rings is 2. The van der Waals surface area contributed by atoms with E-state index >= 15 is 0 Å². The maximum absolute atomic E-state index is 12.3. The van der Waals surface area contributed by atoms with E-state index in [2.05, 4.69) is 55.5 Å². The molecule has 0 spiro atoms. The van der Waals surface area contributed by atoms with Crippen LogP contribution >= 0.6 is 0 Å². The standard InChI is InChI=1S/C20H22O2/c1-2-12-20(14-15(22)11-13-21)18-9-5-3-7-16(18)17-8-4-6-10-19(17)20/h3-10,21H,2,11-14H2,1H3. The van der Waals surface area contributed by atoms with Crippen molar-refractivity contribution >= 4 is 5.78 Å². The molecule has 2 nitrogen and oxygen atoms in total. The maximum atomic E-state index is 12.3. The fourth-order valence-electron chi connectivity index (χ4n) is 3.94. The van der Waals surface area contributed by atoms with E-state index in [-0.39, 0.29) is 24.2 Å². The van der Waals surface area contributed by atoms with Gasteiger partial charge >= 0.3 is 0 Å². The third-order valence-corrected chi connectivity index (χ3v) is 4.74. The van der Waals surface area contributed by atoms with Crippen molar-refractivity contribution in [3.63, 3.8) is 0 Å². The van der Waals surface area contributed by atoms with Gasteiger partial charge in [0.2, 0.25) is 0 Å². The number of fused-ring (bicyclic) bond motifs is 3. The quantitative estimate of drug-likeness (QED) is 0.871. The topological polar surface area (TPSA) is 37.3 Å². The van der Waals surface area contributed by atoms with Gasteiger partial charge in [0.15, 0.2) is 0 Å². The Labute approximate surface area is 131 Å². The van der Waals surface area contributed by atoms with Gasteiger partial charge in [-0.05, 0) is 28.7 Å². The molecule has 2 aromatic carbocycles. The summed E-state index contributed by atoms with van der Waals surface area (Å²) in [5.41, 5.74) is 4.81. The molecule has 22 heavy (non-hydrogen) atoms. The van der Waals surface area contributed by atoms with Crippen molar-refractivity contribution in [3.05, 3.63) is 59.7 Å². The van der Waals surface area contributed by atoms with Crippen molar-refractivity contribution in [2.24, 2.45) is 0 Å². The van der Waals surface area contributed by atoms with Gasteiger partial charge in [0.25, 0.3) is 0 Å². The van der Waals surface area contributed by atoms with E-state index in [1.807, 2.05) is 0 Å². The largest absolute Gasteiger partial charge is 0.396 e. The SMILES string of the molecule is CCCC1(CC(=O)CCO)c2ccccc2-c2ccccc21. The number of aliphatic hydroxyl groups is 1. The molecule has 0 atom stereocenters. The molecule has 0 aromatic heterocycles. The van der Waals surface area contributed by atoms with Crippen LogP contribution in [0.5, 0.6) is 0 Å². The highest BCUT2D eigenvalue weighted by Crippen LogP contribution is 2.53. The first-order valence-electron chi connectivity index (χ1n) is 8.05. The maximum Gasteiger partial charge on any atom is 0.136 e. The second-order valence-electron chi connectivity index (χ2n) is 6.11. The van der Waals surface area contributed by atoms with E-state index < -0.39 is 0 Å². The summed E-state index contributed by atoms with van der Waals surface area (Å²) in [5.74, 6) is 0.141. The Kier molecular flexibility index (Phi) is 4.12. The van der Waals surface area contributed by atoms with Crippen molar-refractivity contribution in [1.82, 2.24) is 0 Å². The van der Waals surface area contributed by atoms with Gasteiger partial charge in [0.1, 0.15) is 5.78 Å². The molecule has 2 heteroatoms. The van der Waals surface area contributed by atoms with Crippen molar-refractivity contribution in [3.8, 4) is 11.1 Å². The molecule has 0 bridgehead atoms. The first-order valence-corrected chi connectivity index (χ1v) is 8.05. The van der Waals surface area contributed by atoms with E-state index in [0.29, 0.717) is 6.42 Å². The summed E-state index contributed by atoms with van der Waals surface area (Å²) in [7, 11) is 0. The number of Topliss-reactive ketones (excluding diaryl/α,β-unsaturated/α-hetero) is 1. The molecule has 0 saturated heterocycles. The van der Waals surface area contributed by atoms with Gasteiger partial charge in [-0.3, -0.25) is 4.79 Å². The van der Waals surface area contributed by atoms with Crippen LogP contribution in [-0.2, 0) is 10.2 Å². The summed E-state index contributed by atoms with van der Waals surface area (Å²) in [6.07, 6.45) is 2.71. The first kappa shape index (κ1) is 15.0. The molecule has 1 aliphatic carbocycles. The zero-order valence-electron chi connectivity index (χ0n) is 13.0. The lowest BCUT2D eigenvalue weighted by atomic mass is 9.71. The molecule has 0 amide bonds. The van der Waals surface area contributed by atoms with Crippen molar-refractivity contribution in [2.45, 2.75) is 38.0 Å². The Hall–Kier alpha value is -1.93. The number of rotatable bonds is 6. The number of hydrogen-bond donors (Lipinski definition) is 1. The van der Waals surface area contributed by atoms with Crippen molar-refractivity contribution in [2.75, 3.05) is 6.61 Å². The molecule has 0 radical (unpaired) electrons. The van der Waals surface area contributed by atoms with Crippen molar-refractivity contribution < 1.29 is 9.90 Å². The number of carbonyl (C=O) groups is 1. The zero-order valence-corrected chi connectivity index (χ0v) is 13.0. The lowest BCUT2D eigenvalue weighted by Gasteiger charge is -2.31. The van der Waals surface area contributed by atoms with Crippen LogP contribution in [0.15, 0.2) is 48.5 Å². The molecule has 1 aliphatic rings. The second-order valence-corrected chi connectivity index (χ2v) is 6.11. The van der Waals surface area contributed by atoms with Gasteiger partial charge in [0, 0.05) is 24.9 Å². The zero-order chi connectivity index (χ0) is 15.6. The molecule has 114 valence electrons. The fraction of sp³-hybridized carbons (Fsp3) is 0.350. The van der Waals surface area contributed by atoms with Gasteiger partial charge in [-0.25, -0.2) is 0 Å². The van der Waals surface area contributed by atoms with Gasteiger partial charge in [0.05, 0.1) is 0 Å². The summed E-state index contributed by atoms with van der Waals surface area (Å²) < 4.78 is 0. The van der Waals surface area contributed by atoms with Crippen molar-refractivity contribution in [1.29, 1.82) is 0 Å². The number of hydrogen-bond acceptors (Lipinski definition) is 2. The van der Waals surface area contributed by atoms with E-state index in [9.17, 15) is 4.79 Å². The minimum absolute atomic E-state index is 0.0651. The smallest absolute Gasteiger partial charge is 0.136 e. The van der Waals surface area contributed by atoms with E-state index in [1.54, 1.807) is 0 Å². The second kappa shape index (κ2) is 6.05. The van der Waals surface area contributed by atoms with Crippen LogP contribution in [0.2, 0.25) is 0 Å². The normalized spacial score (nSPS) is 14.5. The van der Waals surface area contributed by atoms with Crippen LogP contribution in [0, 0.1) is 0 Å². The average Bonchev–Trinajstić information content (AvgIpc) is 2.80. The first-order chi connectivity index (χ1) is 10.7. The molecule has 2 aromatic rings. The highest BCUT2D eigenvalue weighted by atomic mass is 16.3. The summed E-state index contributed by atoms with van der Waals surface area (Å²) in [5, 5.41) is 9.09. The van der Waals surface area contributed by atoms with Gasteiger partial charge in [-0.2, -0.15) is 0 Å². The minimum atomic E-state index is -0.228. The minimum Gasteiger partial charge on any atom is -0.396 e. The molecule has 1 N–H and O–H groups in total. The number of ketones is 1. The molecule has 0 aliphatic heterocycles. The summed E-state index contributed by atoms with van der Waals surface area (Å²) in [6.45, 7) is 2.10. The Morgan fingerprint density at radius 3 is 2.05 bits per heavy atom. The van der Waals surface area contributed by atoms with E-state index in [0.717, 1.165) is 12.8 Å². The predicted molar refractivity (Wildman–Crippen MR) is 88.9 cm³/mol. The number of carbonyl (C=O) groups excluding carboxylic acids is 1. The third kappa shape index (κ3) is 2.28. The lowest BCUT2D eigenvalue weighted by molar-refractivity contribution is -0.120. The summed E-state index contributed by atoms with van der Waals surface area (Å²) in [4.78, 5) is 12.3. The lowest BCUT2D eigenvalue weighted by Crippen LogP contribution is -2.29. The van der Waals surface area contributed by atoms with Crippen LogP contribution in [0.4, 0.5) is 0 Å². The summed E-state index contributed by atoms with van der Waals surface area (Å²) >= 11 is 0. The third-order valence-electron chi connectivity index (χ3n) is 4.74. The van der Waals surface area contributed by atoms with Gasteiger partial charge in [-0.1, -0.05) is 61.9 Å². The molecular formula is C20H22O2. The van der Waals surface area contributed by atoms with Crippen LogP contribution in [-0.4, -0.2) is 17.5 Å². The number of aliphatic hydroxyl groups excluding tert-OH is 1. The Bertz CT molecular complexity index is 642. The highest BCUT2D eigenvalue weighted by molar-refractivity contribution is 5.87. The van der Waals surface area contributed by atoms with Crippen LogP contribution in [0.3, 0.4) is 0 Å². The Morgan fingerprint density at radius 2 is 1.55 bits per heavy atom. The molecule has 0 fully saturated rings. The Morgan fingerprint density at radius 1 is 1.00 bits per heavy atom. The Balaban J connectivity index is 2.17.